The second-order valence-electron chi connectivity index (χ2n) is 8.31. The van der Waals surface area contributed by atoms with Crippen LogP contribution in [0.3, 0.4) is 0 Å². The van der Waals surface area contributed by atoms with E-state index in [0.717, 1.165) is 42.9 Å². The van der Waals surface area contributed by atoms with E-state index in [9.17, 15) is 0 Å². The summed E-state index contributed by atoms with van der Waals surface area (Å²) in [6, 6.07) is 8.43. The zero-order chi connectivity index (χ0) is 19.6. The fourth-order valence-electron chi connectivity index (χ4n) is 4.05. The highest BCUT2D eigenvalue weighted by atomic mass is 16.5. The van der Waals surface area contributed by atoms with Crippen LogP contribution in [0.5, 0.6) is 5.75 Å². The Morgan fingerprint density at radius 2 is 2.00 bits per heavy atom. The number of nitrogens with zero attached hydrogens (tertiary/aromatic N) is 5. The molecule has 0 bridgehead atoms. The largest absolute Gasteiger partial charge is 0.486 e. The van der Waals surface area contributed by atoms with Crippen molar-refractivity contribution in [3.05, 3.63) is 59.7 Å². The van der Waals surface area contributed by atoms with Gasteiger partial charge in [-0.3, -0.25) is 10.00 Å². The van der Waals surface area contributed by atoms with Gasteiger partial charge in [0.1, 0.15) is 24.0 Å². The van der Waals surface area contributed by atoms with Crippen molar-refractivity contribution in [2.45, 2.75) is 50.7 Å². The lowest BCUT2D eigenvalue weighted by atomic mass is 9.97. The molecule has 0 amide bonds. The number of rotatable bonds is 7. The van der Waals surface area contributed by atoms with Crippen LogP contribution in [-0.4, -0.2) is 42.7 Å². The number of piperidine rings is 1. The fraction of sp³-hybridized carbons (Fsp3) is 0.500. The number of likely N-dealkylation sites (tertiary alicyclic amines) is 1. The molecule has 1 atom stereocenters. The number of hydrogen-bond donors (Lipinski definition) is 1. The summed E-state index contributed by atoms with van der Waals surface area (Å²) in [5.74, 6) is 4.97. The topological polar surface area (TPSA) is 71.9 Å². The molecule has 152 valence electrons. The van der Waals surface area contributed by atoms with Gasteiger partial charge in [0.2, 0.25) is 0 Å². The Labute approximate surface area is 171 Å². The summed E-state index contributed by atoms with van der Waals surface area (Å²) in [6.07, 6.45) is 8.61. The van der Waals surface area contributed by atoms with Crippen LogP contribution in [0.4, 0.5) is 0 Å². The summed E-state index contributed by atoms with van der Waals surface area (Å²) < 4.78 is 7.84. The van der Waals surface area contributed by atoms with Gasteiger partial charge in [-0.05, 0) is 49.9 Å². The maximum absolute atomic E-state index is 5.86. The Kier molecular flexibility index (Phi) is 5.06. The molecule has 7 nitrogen and oxygen atoms in total. The number of aromatic nitrogens is 5. The van der Waals surface area contributed by atoms with Crippen molar-refractivity contribution in [2.24, 2.45) is 7.05 Å². The minimum absolute atomic E-state index is 0.438. The van der Waals surface area contributed by atoms with Gasteiger partial charge in [-0.25, -0.2) is 9.97 Å². The first-order valence-corrected chi connectivity index (χ1v) is 10.6. The van der Waals surface area contributed by atoms with Crippen molar-refractivity contribution in [1.82, 2.24) is 29.6 Å². The van der Waals surface area contributed by atoms with Gasteiger partial charge in [-0.15, -0.1) is 0 Å². The lowest BCUT2D eigenvalue weighted by molar-refractivity contribution is 0.196. The van der Waals surface area contributed by atoms with E-state index in [-0.39, 0.29) is 0 Å². The van der Waals surface area contributed by atoms with Gasteiger partial charge >= 0.3 is 0 Å². The van der Waals surface area contributed by atoms with Crippen molar-refractivity contribution >= 4 is 0 Å². The molecular weight excluding hydrogens is 364 g/mol. The molecule has 3 heterocycles. The van der Waals surface area contributed by atoms with E-state index in [1.54, 1.807) is 6.20 Å². The number of aromatic amines is 1. The van der Waals surface area contributed by atoms with E-state index < -0.39 is 0 Å². The number of aryl methyl sites for hydroxylation is 1. The molecule has 2 aromatic heterocycles. The minimum atomic E-state index is 0.438. The molecule has 1 N–H and O–H groups in total. The van der Waals surface area contributed by atoms with E-state index >= 15 is 0 Å². The highest BCUT2D eigenvalue weighted by molar-refractivity contribution is 5.27. The Morgan fingerprint density at radius 1 is 1.14 bits per heavy atom. The highest BCUT2D eigenvalue weighted by Gasteiger charge is 2.30. The second kappa shape index (κ2) is 7.99. The fourth-order valence-corrected chi connectivity index (χ4v) is 4.05. The van der Waals surface area contributed by atoms with E-state index in [2.05, 4.69) is 44.3 Å². The molecule has 0 unspecified atom stereocenters. The van der Waals surface area contributed by atoms with Crippen molar-refractivity contribution in [2.75, 3.05) is 13.1 Å². The predicted molar refractivity (Wildman–Crippen MR) is 110 cm³/mol. The first kappa shape index (κ1) is 18.4. The number of nitrogens with one attached hydrogen (secondary N) is 1. The molecule has 2 fully saturated rings. The third-order valence-corrected chi connectivity index (χ3v) is 5.97. The van der Waals surface area contributed by atoms with Crippen LogP contribution in [-0.2, 0) is 20.2 Å². The average molecular weight is 393 g/mol. The van der Waals surface area contributed by atoms with E-state index in [4.69, 9.17) is 9.72 Å². The molecular formula is C22H28N6O. The predicted octanol–water partition coefficient (Wildman–Crippen LogP) is 3.37. The molecule has 1 aliphatic heterocycles. The van der Waals surface area contributed by atoms with Crippen LogP contribution in [0.1, 0.15) is 60.6 Å². The molecule has 1 aliphatic carbocycles. The first-order chi connectivity index (χ1) is 14.2. The van der Waals surface area contributed by atoms with E-state index in [1.807, 2.05) is 17.8 Å². The van der Waals surface area contributed by atoms with Crippen LogP contribution in [0.2, 0.25) is 0 Å². The normalized spacial score (nSPS) is 20.1. The number of imidazole rings is 1. The van der Waals surface area contributed by atoms with Crippen molar-refractivity contribution in [1.29, 1.82) is 0 Å². The molecule has 0 spiro atoms. The number of H-pyrrole nitrogens is 1. The van der Waals surface area contributed by atoms with E-state index in [1.165, 1.54) is 31.2 Å². The van der Waals surface area contributed by atoms with Crippen LogP contribution in [0.25, 0.3) is 0 Å². The molecule has 29 heavy (non-hydrogen) atoms. The van der Waals surface area contributed by atoms with Gasteiger partial charge in [-0.2, -0.15) is 5.10 Å². The molecule has 0 radical (unpaired) electrons. The smallest absolute Gasteiger partial charge is 0.155 e. The lowest BCUT2D eigenvalue weighted by Crippen LogP contribution is -2.34. The molecule has 1 aromatic carbocycles. The summed E-state index contributed by atoms with van der Waals surface area (Å²) in [5.41, 5.74) is 1.31. The van der Waals surface area contributed by atoms with Crippen LogP contribution >= 0.6 is 0 Å². The minimum Gasteiger partial charge on any atom is -0.486 e. The molecule has 1 saturated carbocycles. The Bertz CT molecular complexity index is 942. The Balaban J connectivity index is 1.15. The van der Waals surface area contributed by atoms with Crippen LogP contribution in [0, 0.1) is 0 Å². The highest BCUT2D eigenvalue weighted by Crippen LogP contribution is 2.38. The summed E-state index contributed by atoms with van der Waals surface area (Å²) in [4.78, 5) is 11.6. The first-order valence-electron chi connectivity index (χ1n) is 10.6. The monoisotopic (exact) mass is 392 g/mol. The Hall–Kier alpha value is -2.67. The zero-order valence-corrected chi connectivity index (χ0v) is 16.9. The SMILES string of the molecule is Cn1ccnc1COc1ccc(CN2CCC[C@H](c3n[nH]c(C4CC4)n3)C2)cc1. The Morgan fingerprint density at radius 3 is 2.76 bits per heavy atom. The quantitative estimate of drug-likeness (QED) is 0.667. The molecule has 7 heteroatoms. The van der Waals surface area contributed by atoms with Gasteiger partial charge in [0, 0.05) is 44.4 Å². The third-order valence-electron chi connectivity index (χ3n) is 5.97. The zero-order valence-electron chi connectivity index (χ0n) is 16.9. The van der Waals surface area contributed by atoms with Crippen LogP contribution in [0.15, 0.2) is 36.7 Å². The van der Waals surface area contributed by atoms with Crippen molar-refractivity contribution < 1.29 is 4.74 Å². The van der Waals surface area contributed by atoms with Crippen molar-refractivity contribution in [3.8, 4) is 5.75 Å². The third kappa shape index (κ3) is 4.34. The van der Waals surface area contributed by atoms with E-state index in [0.29, 0.717) is 18.4 Å². The maximum atomic E-state index is 5.86. The summed E-state index contributed by atoms with van der Waals surface area (Å²) in [6.45, 7) is 3.60. The van der Waals surface area contributed by atoms with Crippen molar-refractivity contribution in [3.63, 3.8) is 0 Å². The number of ether oxygens (including phenoxy) is 1. The molecule has 5 rings (SSSR count). The molecule has 3 aromatic rings. The summed E-state index contributed by atoms with van der Waals surface area (Å²) >= 11 is 0. The van der Waals surface area contributed by atoms with Gasteiger partial charge in [0.25, 0.3) is 0 Å². The van der Waals surface area contributed by atoms with Gasteiger partial charge < -0.3 is 9.30 Å². The summed E-state index contributed by atoms with van der Waals surface area (Å²) in [5, 5.41) is 7.68. The average Bonchev–Trinajstić information content (AvgIpc) is 3.33. The van der Waals surface area contributed by atoms with Gasteiger partial charge in [-0.1, -0.05) is 12.1 Å². The standard InChI is InChI=1S/C22H28N6O/c1-27-12-10-23-20(27)15-29-19-8-4-16(5-9-19)13-28-11-2-3-18(14-28)22-24-21(25-26-22)17-6-7-17/h4-5,8-10,12,17-18H,2-3,6-7,11,13-15H2,1H3,(H,24,25,26)/t18-/m0/s1. The van der Waals surface area contributed by atoms with Crippen LogP contribution < -0.4 is 4.74 Å². The van der Waals surface area contributed by atoms with Gasteiger partial charge in [0.05, 0.1) is 0 Å². The van der Waals surface area contributed by atoms with Gasteiger partial charge in [0.15, 0.2) is 5.82 Å². The number of hydrogen-bond acceptors (Lipinski definition) is 5. The maximum Gasteiger partial charge on any atom is 0.155 e. The molecule has 2 aliphatic rings. The molecule has 1 saturated heterocycles. The number of benzene rings is 1. The summed E-state index contributed by atoms with van der Waals surface area (Å²) in [7, 11) is 1.98. The lowest BCUT2D eigenvalue weighted by Gasteiger charge is -2.31. The second-order valence-corrected chi connectivity index (χ2v) is 8.31.